The Morgan fingerprint density at radius 2 is 2.22 bits per heavy atom. The van der Waals surface area contributed by atoms with Crippen molar-refractivity contribution >= 4 is 17.4 Å². The number of hydrogen-bond donors (Lipinski definition) is 0. The van der Waals surface area contributed by atoms with Crippen molar-refractivity contribution in [2.75, 3.05) is 0 Å². The van der Waals surface area contributed by atoms with E-state index in [9.17, 15) is 4.79 Å². The van der Waals surface area contributed by atoms with Crippen LogP contribution in [-0.4, -0.2) is 10.8 Å². The molecule has 3 nitrogen and oxygen atoms in total. The Bertz CT molecular complexity index is 598. The quantitative estimate of drug-likeness (QED) is 0.787. The number of Topliss-reactive ketones (excluding diaryl/α,β-unsaturated/α-hetero) is 1. The number of pyridine rings is 1. The highest BCUT2D eigenvalue weighted by Crippen LogP contribution is 2.35. The fourth-order valence-electron chi connectivity index (χ4n) is 2.05. The zero-order valence-corrected chi connectivity index (χ0v) is 10.2. The molecule has 1 aromatic heterocycles. The third-order valence-electron chi connectivity index (χ3n) is 2.94. The SMILES string of the molecule is O=C1CC(c2cccnc2)Oc2ccc(Cl)cc21. The molecule has 90 valence electrons. The summed E-state index contributed by atoms with van der Waals surface area (Å²) in [6.45, 7) is 0. The van der Waals surface area contributed by atoms with E-state index in [0.29, 0.717) is 22.8 Å². The minimum Gasteiger partial charge on any atom is -0.484 e. The van der Waals surface area contributed by atoms with Crippen molar-refractivity contribution in [3.63, 3.8) is 0 Å². The van der Waals surface area contributed by atoms with E-state index in [1.165, 1.54) is 0 Å². The normalized spacial score (nSPS) is 18.1. The van der Waals surface area contributed by atoms with E-state index in [2.05, 4.69) is 4.98 Å². The van der Waals surface area contributed by atoms with Crippen LogP contribution in [0.4, 0.5) is 0 Å². The van der Waals surface area contributed by atoms with Crippen molar-refractivity contribution in [3.05, 3.63) is 58.9 Å². The Kier molecular flexibility index (Phi) is 2.76. The van der Waals surface area contributed by atoms with Gasteiger partial charge in [0, 0.05) is 23.0 Å². The van der Waals surface area contributed by atoms with Crippen LogP contribution in [-0.2, 0) is 0 Å². The van der Waals surface area contributed by atoms with Crippen molar-refractivity contribution in [2.24, 2.45) is 0 Å². The summed E-state index contributed by atoms with van der Waals surface area (Å²) in [7, 11) is 0. The van der Waals surface area contributed by atoms with Gasteiger partial charge in [-0.3, -0.25) is 9.78 Å². The van der Waals surface area contributed by atoms with Gasteiger partial charge in [0.05, 0.1) is 12.0 Å². The highest BCUT2D eigenvalue weighted by molar-refractivity contribution is 6.31. The number of benzene rings is 1. The molecule has 0 aliphatic carbocycles. The standard InChI is InChI=1S/C14H10ClNO2/c15-10-3-4-13-11(6-10)12(17)7-14(18-13)9-2-1-5-16-8-9/h1-6,8,14H,7H2. The van der Waals surface area contributed by atoms with Gasteiger partial charge in [-0.05, 0) is 24.3 Å². The molecule has 1 unspecified atom stereocenters. The van der Waals surface area contributed by atoms with Crippen LogP contribution in [0.15, 0.2) is 42.7 Å². The summed E-state index contributed by atoms with van der Waals surface area (Å²) < 4.78 is 5.82. The number of carbonyl (C=O) groups is 1. The number of ether oxygens (including phenoxy) is 1. The monoisotopic (exact) mass is 259 g/mol. The molecule has 0 saturated carbocycles. The molecule has 1 aromatic carbocycles. The summed E-state index contributed by atoms with van der Waals surface area (Å²) in [6, 6.07) is 8.85. The average Bonchev–Trinajstić information content (AvgIpc) is 2.40. The second-order valence-electron chi connectivity index (χ2n) is 4.16. The number of hydrogen-bond acceptors (Lipinski definition) is 3. The molecule has 0 N–H and O–H groups in total. The molecular weight excluding hydrogens is 250 g/mol. The Hall–Kier alpha value is -1.87. The van der Waals surface area contributed by atoms with Crippen LogP contribution >= 0.6 is 11.6 Å². The summed E-state index contributed by atoms with van der Waals surface area (Å²) in [5.41, 5.74) is 1.47. The Labute approximate surface area is 109 Å². The first-order valence-electron chi connectivity index (χ1n) is 5.63. The van der Waals surface area contributed by atoms with E-state index in [4.69, 9.17) is 16.3 Å². The Morgan fingerprint density at radius 3 is 3.00 bits per heavy atom. The van der Waals surface area contributed by atoms with Crippen molar-refractivity contribution in [1.29, 1.82) is 0 Å². The van der Waals surface area contributed by atoms with Gasteiger partial charge in [0.1, 0.15) is 11.9 Å². The van der Waals surface area contributed by atoms with E-state index in [0.717, 1.165) is 5.56 Å². The number of halogens is 1. The van der Waals surface area contributed by atoms with Gasteiger partial charge in [-0.25, -0.2) is 0 Å². The fraction of sp³-hybridized carbons (Fsp3) is 0.143. The lowest BCUT2D eigenvalue weighted by molar-refractivity contribution is 0.0850. The number of ketones is 1. The lowest BCUT2D eigenvalue weighted by Crippen LogP contribution is -2.20. The highest BCUT2D eigenvalue weighted by atomic mass is 35.5. The highest BCUT2D eigenvalue weighted by Gasteiger charge is 2.27. The van der Waals surface area contributed by atoms with Gasteiger partial charge in [0.15, 0.2) is 5.78 Å². The lowest BCUT2D eigenvalue weighted by Gasteiger charge is -2.25. The van der Waals surface area contributed by atoms with Crippen molar-refractivity contribution in [3.8, 4) is 5.75 Å². The molecule has 1 aliphatic rings. The third kappa shape index (κ3) is 1.97. The van der Waals surface area contributed by atoms with E-state index < -0.39 is 0 Å². The third-order valence-corrected chi connectivity index (χ3v) is 3.17. The zero-order chi connectivity index (χ0) is 12.5. The lowest BCUT2D eigenvalue weighted by atomic mass is 9.97. The number of aromatic nitrogens is 1. The summed E-state index contributed by atoms with van der Waals surface area (Å²) in [4.78, 5) is 16.1. The van der Waals surface area contributed by atoms with Crippen LogP contribution in [0.25, 0.3) is 0 Å². The van der Waals surface area contributed by atoms with Gasteiger partial charge in [-0.15, -0.1) is 0 Å². The first-order valence-corrected chi connectivity index (χ1v) is 6.01. The minimum absolute atomic E-state index is 0.0487. The second-order valence-corrected chi connectivity index (χ2v) is 4.60. The molecule has 0 fully saturated rings. The number of rotatable bonds is 1. The van der Waals surface area contributed by atoms with Gasteiger partial charge in [-0.2, -0.15) is 0 Å². The molecule has 1 aliphatic heterocycles. The first kappa shape index (κ1) is 11.2. The van der Waals surface area contributed by atoms with Crippen LogP contribution in [0, 0.1) is 0 Å². The van der Waals surface area contributed by atoms with Crippen molar-refractivity contribution in [1.82, 2.24) is 4.98 Å². The Balaban J connectivity index is 1.97. The predicted molar refractivity (Wildman–Crippen MR) is 68.0 cm³/mol. The van der Waals surface area contributed by atoms with Crippen LogP contribution < -0.4 is 4.74 Å². The smallest absolute Gasteiger partial charge is 0.170 e. The maximum atomic E-state index is 12.1. The number of fused-ring (bicyclic) bond motifs is 1. The van der Waals surface area contributed by atoms with Crippen molar-refractivity contribution < 1.29 is 9.53 Å². The topological polar surface area (TPSA) is 39.2 Å². The van der Waals surface area contributed by atoms with E-state index >= 15 is 0 Å². The first-order chi connectivity index (χ1) is 8.74. The predicted octanol–water partition coefficient (Wildman–Crippen LogP) is 3.44. The second kappa shape index (κ2) is 4.42. The maximum Gasteiger partial charge on any atom is 0.170 e. The van der Waals surface area contributed by atoms with Gasteiger partial charge < -0.3 is 4.74 Å². The molecule has 4 heteroatoms. The minimum atomic E-state index is -0.264. The number of nitrogens with zero attached hydrogens (tertiary/aromatic N) is 1. The molecule has 0 radical (unpaired) electrons. The molecule has 0 amide bonds. The molecule has 1 atom stereocenters. The molecule has 18 heavy (non-hydrogen) atoms. The number of carbonyl (C=O) groups excluding carboxylic acids is 1. The average molecular weight is 260 g/mol. The molecule has 2 heterocycles. The van der Waals surface area contributed by atoms with Crippen LogP contribution in [0.1, 0.15) is 28.4 Å². The van der Waals surface area contributed by atoms with Crippen LogP contribution in [0.2, 0.25) is 5.02 Å². The van der Waals surface area contributed by atoms with E-state index in [1.54, 1.807) is 30.6 Å². The zero-order valence-electron chi connectivity index (χ0n) is 9.47. The van der Waals surface area contributed by atoms with Gasteiger partial charge in [-0.1, -0.05) is 17.7 Å². The fourth-order valence-corrected chi connectivity index (χ4v) is 2.22. The maximum absolute atomic E-state index is 12.1. The largest absolute Gasteiger partial charge is 0.484 e. The van der Waals surface area contributed by atoms with Gasteiger partial charge in [0.25, 0.3) is 0 Å². The summed E-state index contributed by atoms with van der Waals surface area (Å²) >= 11 is 5.88. The van der Waals surface area contributed by atoms with Crippen LogP contribution in [0.5, 0.6) is 5.75 Å². The summed E-state index contributed by atoms with van der Waals surface area (Å²) in [6.07, 6.45) is 3.47. The molecular formula is C14H10ClNO2. The van der Waals surface area contributed by atoms with Crippen LogP contribution in [0.3, 0.4) is 0 Å². The van der Waals surface area contributed by atoms with Crippen molar-refractivity contribution in [2.45, 2.75) is 12.5 Å². The molecule has 0 saturated heterocycles. The van der Waals surface area contributed by atoms with Gasteiger partial charge in [0.2, 0.25) is 0 Å². The molecule has 2 aromatic rings. The summed E-state index contributed by atoms with van der Waals surface area (Å²) in [5.74, 6) is 0.636. The Morgan fingerprint density at radius 1 is 1.33 bits per heavy atom. The van der Waals surface area contributed by atoms with E-state index in [-0.39, 0.29) is 11.9 Å². The summed E-state index contributed by atoms with van der Waals surface area (Å²) in [5, 5.41) is 0.547. The molecule has 0 spiro atoms. The van der Waals surface area contributed by atoms with Gasteiger partial charge >= 0.3 is 0 Å². The molecule has 3 rings (SSSR count). The molecule has 0 bridgehead atoms. The van der Waals surface area contributed by atoms with E-state index in [1.807, 2.05) is 12.1 Å².